The molecule has 1 amide bonds. The van der Waals surface area contributed by atoms with Crippen LogP contribution >= 0.6 is 11.3 Å². The fourth-order valence-corrected chi connectivity index (χ4v) is 5.38. The number of amides is 1. The lowest BCUT2D eigenvalue weighted by Gasteiger charge is -2.26. The van der Waals surface area contributed by atoms with Crippen LogP contribution in [0.3, 0.4) is 0 Å². The van der Waals surface area contributed by atoms with E-state index in [0.29, 0.717) is 10.2 Å². The quantitative estimate of drug-likeness (QED) is 0.639. The van der Waals surface area contributed by atoms with Crippen LogP contribution in [0, 0.1) is 12.7 Å². The molecule has 1 aromatic carbocycles. The number of aromatic nitrogens is 2. The number of morpholine rings is 1. The second-order valence-corrected chi connectivity index (χ2v) is 9.34. The number of aryl methyl sites for hydroxylation is 1. The van der Waals surface area contributed by atoms with Crippen molar-refractivity contribution in [3.63, 3.8) is 0 Å². The van der Waals surface area contributed by atoms with Gasteiger partial charge in [0.05, 0.1) is 18.6 Å². The van der Waals surface area contributed by atoms with E-state index in [1.54, 1.807) is 18.4 Å². The molecule has 0 spiro atoms. The predicted molar refractivity (Wildman–Crippen MR) is 108 cm³/mol. The molecule has 0 bridgehead atoms. The van der Waals surface area contributed by atoms with Crippen molar-refractivity contribution in [1.82, 2.24) is 14.0 Å². The zero-order chi connectivity index (χ0) is 21.5. The fraction of sp³-hybridized carbons (Fsp3) is 0.278. The third-order valence-corrected chi connectivity index (χ3v) is 7.38. The van der Waals surface area contributed by atoms with E-state index in [0.717, 1.165) is 27.2 Å². The zero-order valence-corrected chi connectivity index (χ0v) is 17.4. The van der Waals surface area contributed by atoms with Gasteiger partial charge >= 0.3 is 0 Å². The molecule has 1 fully saturated rings. The molecule has 2 aromatic heterocycles. The summed E-state index contributed by atoms with van der Waals surface area (Å²) in [6.07, 6.45) is 0. The number of carbonyl (C=O) groups is 1. The summed E-state index contributed by atoms with van der Waals surface area (Å²) in [5.41, 5.74) is 1.84. The van der Waals surface area contributed by atoms with Crippen LogP contribution in [0.1, 0.15) is 16.2 Å². The number of hydrogen-bond acceptors (Lipinski definition) is 7. The van der Waals surface area contributed by atoms with Crippen LogP contribution in [-0.4, -0.2) is 54.6 Å². The highest BCUT2D eigenvalue weighted by atomic mass is 32.2. The number of carbonyl (C=O) groups excluding carboxylic acids is 1. The Bertz CT molecular complexity index is 1300. The number of hydrogen-bond donors (Lipinski definition) is 1. The van der Waals surface area contributed by atoms with Gasteiger partial charge in [0.1, 0.15) is 21.4 Å². The highest BCUT2D eigenvalue weighted by Crippen LogP contribution is 2.22. The minimum absolute atomic E-state index is 0.0963. The van der Waals surface area contributed by atoms with Gasteiger partial charge in [-0.2, -0.15) is 4.31 Å². The van der Waals surface area contributed by atoms with Gasteiger partial charge in [-0.3, -0.25) is 15.0 Å². The normalized spacial score (nSPS) is 15.4. The van der Waals surface area contributed by atoms with Gasteiger partial charge in [0.25, 0.3) is 11.5 Å². The SMILES string of the molecule is Cc1nc2sccc2c(=O)n1NC(=O)c1ccc(F)c(S(=O)(=O)N2CCOCC2)c1. The largest absolute Gasteiger partial charge is 0.379 e. The molecule has 1 aliphatic heterocycles. The first-order valence-electron chi connectivity index (χ1n) is 8.94. The summed E-state index contributed by atoms with van der Waals surface area (Å²) in [5, 5.41) is 2.06. The molecule has 30 heavy (non-hydrogen) atoms. The predicted octanol–water partition coefficient (Wildman–Crippen LogP) is 1.31. The lowest BCUT2D eigenvalue weighted by atomic mass is 10.2. The number of rotatable bonds is 4. The summed E-state index contributed by atoms with van der Waals surface area (Å²) in [5.74, 6) is -1.48. The van der Waals surface area contributed by atoms with E-state index < -0.39 is 32.2 Å². The number of nitrogens with zero attached hydrogens (tertiary/aromatic N) is 3. The average Bonchev–Trinajstić information content (AvgIpc) is 3.20. The molecule has 1 aliphatic rings. The summed E-state index contributed by atoms with van der Waals surface area (Å²) in [7, 11) is -4.14. The Balaban J connectivity index is 1.68. The van der Waals surface area contributed by atoms with E-state index in [-0.39, 0.29) is 37.7 Å². The van der Waals surface area contributed by atoms with E-state index in [9.17, 15) is 22.4 Å². The molecule has 0 aliphatic carbocycles. The first kappa shape index (κ1) is 20.6. The second kappa shape index (κ2) is 7.87. The molecule has 9 nitrogen and oxygen atoms in total. The Labute approximate surface area is 174 Å². The molecule has 158 valence electrons. The number of ether oxygens (including phenoxy) is 1. The lowest BCUT2D eigenvalue weighted by Crippen LogP contribution is -2.41. The van der Waals surface area contributed by atoms with E-state index in [1.807, 2.05) is 0 Å². The van der Waals surface area contributed by atoms with E-state index in [2.05, 4.69) is 10.4 Å². The van der Waals surface area contributed by atoms with Crippen molar-refractivity contribution >= 4 is 37.5 Å². The van der Waals surface area contributed by atoms with Crippen molar-refractivity contribution in [3.05, 3.63) is 57.2 Å². The Morgan fingerprint density at radius 1 is 1.27 bits per heavy atom. The maximum atomic E-state index is 14.3. The fourth-order valence-electron chi connectivity index (χ4n) is 3.08. The van der Waals surface area contributed by atoms with Gasteiger partial charge in [0.2, 0.25) is 10.0 Å². The van der Waals surface area contributed by atoms with E-state index in [4.69, 9.17) is 4.74 Å². The summed E-state index contributed by atoms with van der Waals surface area (Å²) in [6, 6.07) is 4.63. The number of fused-ring (bicyclic) bond motifs is 1. The molecule has 12 heteroatoms. The zero-order valence-electron chi connectivity index (χ0n) is 15.8. The van der Waals surface area contributed by atoms with E-state index in [1.165, 1.54) is 11.3 Å². The number of halogens is 1. The van der Waals surface area contributed by atoms with Crippen molar-refractivity contribution in [2.45, 2.75) is 11.8 Å². The van der Waals surface area contributed by atoms with Gasteiger partial charge in [-0.05, 0) is 36.6 Å². The lowest BCUT2D eigenvalue weighted by molar-refractivity contribution is 0.0729. The minimum Gasteiger partial charge on any atom is -0.379 e. The molecule has 3 aromatic rings. The standard InChI is InChI=1S/C18H17FN4O5S2/c1-11-20-17-13(4-9-29-17)18(25)23(11)21-16(24)12-2-3-14(19)15(10-12)30(26,27)22-5-7-28-8-6-22/h2-4,9-10H,5-8H2,1H3,(H,21,24). The molecular formula is C18H17FN4O5S2. The maximum absolute atomic E-state index is 14.3. The number of sulfonamides is 1. The summed E-state index contributed by atoms with van der Waals surface area (Å²) < 4.78 is 47.2. The summed E-state index contributed by atoms with van der Waals surface area (Å²) in [6.45, 7) is 2.17. The number of benzene rings is 1. The molecule has 0 atom stereocenters. The van der Waals surface area contributed by atoms with Crippen LogP contribution in [0.25, 0.3) is 10.2 Å². The van der Waals surface area contributed by atoms with Crippen molar-refractivity contribution in [2.24, 2.45) is 0 Å². The number of nitrogens with one attached hydrogen (secondary N) is 1. The van der Waals surface area contributed by atoms with Crippen LogP contribution in [0.15, 0.2) is 39.3 Å². The molecule has 1 N–H and O–H groups in total. The first-order valence-corrected chi connectivity index (χ1v) is 11.3. The summed E-state index contributed by atoms with van der Waals surface area (Å²) >= 11 is 1.30. The molecule has 3 heterocycles. The molecule has 0 saturated carbocycles. The Morgan fingerprint density at radius 3 is 2.73 bits per heavy atom. The molecule has 1 saturated heterocycles. The van der Waals surface area contributed by atoms with Crippen molar-refractivity contribution in [2.75, 3.05) is 31.7 Å². The highest BCUT2D eigenvalue weighted by Gasteiger charge is 2.30. The minimum atomic E-state index is -4.14. The van der Waals surface area contributed by atoms with Gasteiger partial charge in [0, 0.05) is 18.7 Å². The van der Waals surface area contributed by atoms with Crippen LogP contribution in [0.2, 0.25) is 0 Å². The van der Waals surface area contributed by atoms with Gasteiger partial charge in [-0.15, -0.1) is 11.3 Å². The monoisotopic (exact) mass is 452 g/mol. The Morgan fingerprint density at radius 2 is 2.00 bits per heavy atom. The Kier molecular flexibility index (Phi) is 5.40. The molecule has 0 unspecified atom stereocenters. The maximum Gasteiger partial charge on any atom is 0.281 e. The third-order valence-electron chi connectivity index (χ3n) is 4.66. The van der Waals surface area contributed by atoms with Gasteiger partial charge < -0.3 is 4.74 Å². The van der Waals surface area contributed by atoms with Gasteiger partial charge in [-0.1, -0.05) is 0 Å². The van der Waals surface area contributed by atoms with E-state index >= 15 is 0 Å². The van der Waals surface area contributed by atoms with Crippen LogP contribution < -0.4 is 11.0 Å². The molecular weight excluding hydrogens is 435 g/mol. The number of thiophene rings is 1. The van der Waals surface area contributed by atoms with Crippen molar-refractivity contribution in [1.29, 1.82) is 0 Å². The molecule has 4 rings (SSSR count). The van der Waals surface area contributed by atoms with Crippen LogP contribution in [-0.2, 0) is 14.8 Å². The molecule has 0 radical (unpaired) electrons. The van der Waals surface area contributed by atoms with Crippen molar-refractivity contribution in [3.8, 4) is 0 Å². The smallest absolute Gasteiger partial charge is 0.281 e. The second-order valence-electron chi connectivity index (χ2n) is 6.54. The van der Waals surface area contributed by atoms with Gasteiger partial charge in [-0.25, -0.2) is 22.5 Å². The topological polar surface area (TPSA) is 111 Å². The first-order chi connectivity index (χ1) is 14.3. The van der Waals surface area contributed by atoms with Gasteiger partial charge in [0.15, 0.2) is 0 Å². The third kappa shape index (κ3) is 3.62. The summed E-state index contributed by atoms with van der Waals surface area (Å²) in [4.78, 5) is 29.5. The van der Waals surface area contributed by atoms with Crippen LogP contribution in [0.5, 0.6) is 0 Å². The Hall–Kier alpha value is -2.67. The average molecular weight is 452 g/mol. The van der Waals surface area contributed by atoms with Crippen LogP contribution in [0.4, 0.5) is 4.39 Å². The highest BCUT2D eigenvalue weighted by molar-refractivity contribution is 7.89. The van der Waals surface area contributed by atoms with Crippen molar-refractivity contribution < 1.29 is 22.3 Å².